The predicted molar refractivity (Wildman–Crippen MR) is 121 cm³/mol. The number of carbonyl (C=O) groups excluding carboxylic acids is 3. The minimum Gasteiger partial charge on any atom is -0.481 e. The van der Waals surface area contributed by atoms with Gasteiger partial charge in [-0.1, -0.05) is 19.4 Å². The van der Waals surface area contributed by atoms with Gasteiger partial charge < -0.3 is 19.3 Å². The Hall–Kier alpha value is -2.38. The smallest absolute Gasteiger partial charge is 0.481 e. The van der Waals surface area contributed by atoms with Crippen molar-refractivity contribution in [1.82, 2.24) is 0 Å². The van der Waals surface area contributed by atoms with Crippen molar-refractivity contribution in [2.75, 3.05) is 13.2 Å². The van der Waals surface area contributed by atoms with E-state index in [4.69, 9.17) is 19.3 Å². The maximum Gasteiger partial charge on any atom is 0.508 e. The first-order valence-corrected chi connectivity index (χ1v) is 12.6. The molecule has 0 unspecified atom stereocenters. The Morgan fingerprint density at radius 2 is 1.74 bits per heavy atom. The molecule has 0 bridgehead atoms. The van der Waals surface area contributed by atoms with Crippen LogP contribution >= 0.6 is 0 Å². The van der Waals surface area contributed by atoms with E-state index in [2.05, 4.69) is 13.8 Å². The highest BCUT2D eigenvalue weighted by Gasteiger charge is 2.60. The van der Waals surface area contributed by atoms with Gasteiger partial charge in [-0.15, -0.1) is 0 Å². The summed E-state index contributed by atoms with van der Waals surface area (Å²) in [5.41, 5.74) is 1.40. The third-order valence-corrected chi connectivity index (χ3v) is 9.22. The number of hydrogen-bond acceptors (Lipinski definition) is 7. The van der Waals surface area contributed by atoms with Crippen LogP contribution in [-0.2, 0) is 28.6 Å². The molecule has 8 nitrogen and oxygen atoms in total. The summed E-state index contributed by atoms with van der Waals surface area (Å²) in [6, 6.07) is 0. The monoisotopic (exact) mass is 476 g/mol. The van der Waals surface area contributed by atoms with Crippen LogP contribution in [0.25, 0.3) is 0 Å². The standard InChI is InChI=1S/C26H36O8/c1-25-11-9-17(27)15-16(25)3-4-18-19-5-6-21(26(19,2)12-10-20(18)25)34-24(31)33-14-13-32-23(30)8-7-22(28)29/h15,18-21H,3-14H2,1-2H3,(H,28,29)/t18-,19-,20-,21-,25-,26-/m0/s1. The van der Waals surface area contributed by atoms with Crippen molar-refractivity contribution < 1.29 is 38.5 Å². The Morgan fingerprint density at radius 3 is 2.50 bits per heavy atom. The number of allylic oxidation sites excluding steroid dienone is 1. The van der Waals surface area contributed by atoms with Crippen LogP contribution in [0.15, 0.2) is 11.6 Å². The molecule has 1 N–H and O–H groups in total. The van der Waals surface area contributed by atoms with Crippen molar-refractivity contribution in [3.05, 3.63) is 11.6 Å². The van der Waals surface area contributed by atoms with Crippen LogP contribution in [0.2, 0.25) is 0 Å². The van der Waals surface area contributed by atoms with Crippen LogP contribution in [0.3, 0.4) is 0 Å². The molecule has 0 aromatic heterocycles. The molecule has 3 saturated carbocycles. The first kappa shape index (κ1) is 24.7. The number of hydrogen-bond donors (Lipinski definition) is 1. The highest BCUT2D eigenvalue weighted by atomic mass is 16.7. The van der Waals surface area contributed by atoms with Gasteiger partial charge >= 0.3 is 18.1 Å². The largest absolute Gasteiger partial charge is 0.508 e. The number of carboxylic acid groups (broad SMARTS) is 1. The summed E-state index contributed by atoms with van der Waals surface area (Å²) in [6.45, 7) is 4.36. The maximum absolute atomic E-state index is 12.3. The number of ketones is 1. The van der Waals surface area contributed by atoms with Gasteiger partial charge in [-0.2, -0.15) is 0 Å². The number of rotatable bonds is 7. The second-order valence-corrected chi connectivity index (χ2v) is 10.9. The van der Waals surface area contributed by atoms with Gasteiger partial charge in [0.05, 0.1) is 12.8 Å². The predicted octanol–water partition coefficient (Wildman–Crippen LogP) is 4.45. The zero-order valence-corrected chi connectivity index (χ0v) is 20.2. The van der Waals surface area contributed by atoms with Gasteiger partial charge in [0.15, 0.2) is 5.78 Å². The third kappa shape index (κ3) is 4.73. The molecule has 0 aromatic rings. The molecule has 0 spiro atoms. The highest BCUT2D eigenvalue weighted by Crippen LogP contribution is 2.65. The fourth-order valence-electron chi connectivity index (χ4n) is 7.42. The number of fused-ring (bicyclic) bond motifs is 5. The van der Waals surface area contributed by atoms with Crippen LogP contribution in [0, 0.1) is 28.6 Å². The molecule has 6 atom stereocenters. The van der Waals surface area contributed by atoms with E-state index in [1.807, 2.05) is 6.08 Å². The second-order valence-electron chi connectivity index (χ2n) is 10.9. The first-order chi connectivity index (χ1) is 16.1. The number of carbonyl (C=O) groups is 4. The van der Waals surface area contributed by atoms with E-state index in [0.29, 0.717) is 24.2 Å². The molecule has 0 heterocycles. The van der Waals surface area contributed by atoms with E-state index >= 15 is 0 Å². The number of aliphatic carboxylic acids is 1. The van der Waals surface area contributed by atoms with Crippen LogP contribution in [-0.4, -0.2) is 48.3 Å². The molecule has 0 aliphatic heterocycles. The van der Waals surface area contributed by atoms with Crippen molar-refractivity contribution in [1.29, 1.82) is 0 Å². The van der Waals surface area contributed by atoms with Crippen molar-refractivity contribution in [2.24, 2.45) is 28.6 Å². The lowest BCUT2D eigenvalue weighted by Gasteiger charge is -2.57. The zero-order chi connectivity index (χ0) is 24.5. The molecule has 8 heteroatoms. The van der Waals surface area contributed by atoms with Crippen molar-refractivity contribution in [3.8, 4) is 0 Å². The Labute approximate surface area is 200 Å². The average Bonchev–Trinajstić information content (AvgIpc) is 3.12. The first-order valence-electron chi connectivity index (χ1n) is 12.6. The molecular formula is C26H36O8. The summed E-state index contributed by atoms with van der Waals surface area (Å²) < 4.78 is 15.8. The Kier molecular flexibility index (Phi) is 7.06. The lowest BCUT2D eigenvalue weighted by atomic mass is 9.47. The summed E-state index contributed by atoms with van der Waals surface area (Å²) in [7, 11) is 0. The molecule has 4 aliphatic carbocycles. The molecule has 0 radical (unpaired) electrons. The Morgan fingerprint density at radius 1 is 0.971 bits per heavy atom. The molecule has 4 rings (SSSR count). The number of esters is 1. The van der Waals surface area contributed by atoms with Gasteiger partial charge in [-0.3, -0.25) is 14.4 Å². The van der Waals surface area contributed by atoms with Gasteiger partial charge in [0.25, 0.3) is 0 Å². The van der Waals surface area contributed by atoms with E-state index < -0.39 is 18.1 Å². The van der Waals surface area contributed by atoms with Crippen molar-refractivity contribution in [3.63, 3.8) is 0 Å². The van der Waals surface area contributed by atoms with Crippen LogP contribution in [0.5, 0.6) is 0 Å². The quantitative estimate of drug-likeness (QED) is 0.423. The molecule has 0 saturated heterocycles. The van der Waals surface area contributed by atoms with Gasteiger partial charge in [-0.05, 0) is 74.2 Å². The lowest BCUT2D eigenvalue weighted by Crippen LogP contribution is -2.51. The molecule has 0 aromatic carbocycles. The molecular weight excluding hydrogens is 440 g/mol. The SMILES string of the molecule is C[C@]12CC[C@H]3[C@@H](CCC4=CC(=O)CC[C@@]43C)[C@@H]1CC[C@@H]2OC(=O)OCCOC(=O)CCC(=O)O. The van der Waals surface area contributed by atoms with Crippen molar-refractivity contribution in [2.45, 2.75) is 84.2 Å². The number of ether oxygens (including phenoxy) is 3. The van der Waals surface area contributed by atoms with Gasteiger partial charge in [0.1, 0.15) is 19.3 Å². The summed E-state index contributed by atoms with van der Waals surface area (Å²) >= 11 is 0. The van der Waals surface area contributed by atoms with Gasteiger partial charge in [0, 0.05) is 11.8 Å². The van der Waals surface area contributed by atoms with E-state index in [0.717, 1.165) is 44.9 Å². The van der Waals surface area contributed by atoms with Crippen LogP contribution in [0.4, 0.5) is 4.79 Å². The van der Waals surface area contributed by atoms with E-state index in [1.54, 1.807) is 0 Å². The van der Waals surface area contributed by atoms with Crippen molar-refractivity contribution >= 4 is 23.9 Å². The van der Waals surface area contributed by atoms with E-state index in [1.165, 1.54) is 5.57 Å². The Bertz CT molecular complexity index is 878. The lowest BCUT2D eigenvalue weighted by molar-refractivity contribution is -0.148. The number of carboxylic acids is 1. The topological polar surface area (TPSA) is 116 Å². The molecule has 3 fully saturated rings. The summed E-state index contributed by atoms with van der Waals surface area (Å²) in [5.74, 6) is 0.236. The van der Waals surface area contributed by atoms with Crippen LogP contribution in [0.1, 0.15) is 78.1 Å². The fraction of sp³-hybridized carbons (Fsp3) is 0.769. The highest BCUT2D eigenvalue weighted by molar-refractivity contribution is 5.91. The van der Waals surface area contributed by atoms with Crippen LogP contribution < -0.4 is 0 Å². The third-order valence-electron chi connectivity index (χ3n) is 9.22. The maximum atomic E-state index is 12.3. The molecule has 34 heavy (non-hydrogen) atoms. The molecule has 4 aliphatic rings. The van der Waals surface area contributed by atoms with E-state index in [9.17, 15) is 19.2 Å². The molecule has 0 amide bonds. The zero-order valence-electron chi connectivity index (χ0n) is 20.2. The van der Waals surface area contributed by atoms with Gasteiger partial charge in [-0.25, -0.2) is 4.79 Å². The van der Waals surface area contributed by atoms with E-state index in [-0.39, 0.29) is 48.8 Å². The molecule has 188 valence electrons. The second kappa shape index (κ2) is 9.70. The normalized spacial score (nSPS) is 36.4. The minimum absolute atomic E-state index is 0.0778. The average molecular weight is 477 g/mol. The summed E-state index contributed by atoms with van der Waals surface area (Å²) in [4.78, 5) is 46.2. The van der Waals surface area contributed by atoms with Gasteiger partial charge in [0.2, 0.25) is 0 Å². The summed E-state index contributed by atoms with van der Waals surface area (Å²) in [5, 5.41) is 8.57. The Balaban J connectivity index is 1.29. The fourth-order valence-corrected chi connectivity index (χ4v) is 7.42. The summed E-state index contributed by atoms with van der Waals surface area (Å²) in [6.07, 6.45) is 8.11. The minimum atomic E-state index is -1.07.